The Labute approximate surface area is 174 Å². The number of aromatic nitrogens is 1. The number of allylic oxidation sites excluding steroid dienone is 1. The number of halogens is 3. The Morgan fingerprint density at radius 2 is 1.97 bits per heavy atom. The molecule has 0 bridgehead atoms. The molecule has 4 atom stereocenters. The number of alkyl halides is 3. The quantitative estimate of drug-likeness (QED) is 0.490. The van der Waals surface area contributed by atoms with Gasteiger partial charge in [0.2, 0.25) is 0 Å². The van der Waals surface area contributed by atoms with Gasteiger partial charge < -0.3 is 20.9 Å². The molecule has 166 valence electrons. The standard InChI is InChI=1S/C21H29F3N4O2/c1-11(2)28-18(19-14-7-13(8-15(14)19)30-5-4-29-3)9-17(25)12-6-16(21(22,23)24)20(26)27-10-12/h6,9-11,13-15,19H,4-5,7-8,25H2,1-3H3,(H2,26,27)/t13?,14-,15+,19?. The van der Waals surface area contributed by atoms with Crippen LogP contribution in [-0.2, 0) is 15.7 Å². The van der Waals surface area contributed by atoms with Crippen molar-refractivity contribution in [3.63, 3.8) is 0 Å². The zero-order valence-electron chi connectivity index (χ0n) is 17.4. The first-order chi connectivity index (χ1) is 14.1. The lowest BCUT2D eigenvalue weighted by Crippen LogP contribution is -2.18. The zero-order chi connectivity index (χ0) is 22.1. The fourth-order valence-corrected chi connectivity index (χ4v) is 4.28. The van der Waals surface area contributed by atoms with Gasteiger partial charge >= 0.3 is 6.18 Å². The number of nitrogens with two attached hydrogens (primary N) is 2. The highest BCUT2D eigenvalue weighted by atomic mass is 19.4. The topological polar surface area (TPSA) is 95.8 Å². The van der Waals surface area contributed by atoms with E-state index in [-0.39, 0.29) is 29.3 Å². The summed E-state index contributed by atoms with van der Waals surface area (Å²) in [4.78, 5) is 8.38. The normalized spacial score (nSPS) is 26.9. The Morgan fingerprint density at radius 1 is 1.30 bits per heavy atom. The summed E-state index contributed by atoms with van der Waals surface area (Å²) in [5, 5.41) is 0. The van der Waals surface area contributed by atoms with E-state index in [9.17, 15) is 13.2 Å². The molecule has 0 saturated heterocycles. The number of aliphatic imine (C=N–C) groups is 1. The maximum absolute atomic E-state index is 13.1. The van der Waals surface area contributed by atoms with Crippen molar-refractivity contribution < 1.29 is 22.6 Å². The molecule has 1 heterocycles. The van der Waals surface area contributed by atoms with E-state index in [1.165, 1.54) is 6.20 Å². The van der Waals surface area contributed by atoms with Gasteiger partial charge in [-0.2, -0.15) is 13.2 Å². The van der Waals surface area contributed by atoms with Crippen LogP contribution in [0.4, 0.5) is 19.0 Å². The maximum atomic E-state index is 13.1. The van der Waals surface area contributed by atoms with Gasteiger partial charge in [-0.1, -0.05) is 0 Å². The number of pyridine rings is 1. The van der Waals surface area contributed by atoms with E-state index in [1.807, 2.05) is 13.8 Å². The van der Waals surface area contributed by atoms with Gasteiger partial charge in [-0.05, 0) is 50.7 Å². The molecule has 1 aromatic rings. The van der Waals surface area contributed by atoms with Crippen LogP contribution in [0.15, 0.2) is 23.3 Å². The molecule has 0 spiro atoms. The second kappa shape index (κ2) is 8.93. The number of nitrogens with zero attached hydrogens (tertiary/aromatic N) is 2. The minimum absolute atomic E-state index is 0.0504. The van der Waals surface area contributed by atoms with Crippen LogP contribution in [-0.4, -0.2) is 43.2 Å². The van der Waals surface area contributed by atoms with Crippen LogP contribution in [0.5, 0.6) is 0 Å². The van der Waals surface area contributed by atoms with Gasteiger partial charge in [-0.3, -0.25) is 4.99 Å². The van der Waals surface area contributed by atoms with Gasteiger partial charge in [0.25, 0.3) is 0 Å². The molecule has 2 fully saturated rings. The van der Waals surface area contributed by atoms with Crippen LogP contribution >= 0.6 is 0 Å². The van der Waals surface area contributed by atoms with E-state index in [4.69, 9.17) is 25.9 Å². The lowest BCUT2D eigenvalue weighted by molar-refractivity contribution is -0.137. The third kappa shape index (κ3) is 5.13. The van der Waals surface area contributed by atoms with Crippen LogP contribution in [0, 0.1) is 17.8 Å². The fraction of sp³-hybridized carbons (Fsp3) is 0.619. The molecule has 0 aliphatic heterocycles. The second-order valence-corrected chi connectivity index (χ2v) is 8.21. The largest absolute Gasteiger partial charge is 0.419 e. The Hall–Kier alpha value is -2.13. The van der Waals surface area contributed by atoms with Crippen LogP contribution in [0.1, 0.15) is 37.8 Å². The third-order valence-electron chi connectivity index (χ3n) is 5.65. The van der Waals surface area contributed by atoms with Crippen molar-refractivity contribution in [2.75, 3.05) is 26.1 Å². The fourth-order valence-electron chi connectivity index (χ4n) is 4.28. The Morgan fingerprint density at radius 3 is 2.53 bits per heavy atom. The molecule has 0 radical (unpaired) electrons. The van der Waals surface area contributed by atoms with Gasteiger partial charge in [0.1, 0.15) is 5.82 Å². The van der Waals surface area contributed by atoms with E-state index >= 15 is 0 Å². The average molecular weight is 426 g/mol. The van der Waals surface area contributed by atoms with E-state index in [0.717, 1.165) is 24.6 Å². The Bertz CT molecular complexity index is 811. The number of rotatable bonds is 8. The molecule has 0 aromatic carbocycles. The third-order valence-corrected chi connectivity index (χ3v) is 5.65. The number of hydrogen-bond donors (Lipinski definition) is 2. The molecule has 0 amide bonds. The molecule has 30 heavy (non-hydrogen) atoms. The highest BCUT2D eigenvalue weighted by Gasteiger charge is 2.58. The summed E-state index contributed by atoms with van der Waals surface area (Å²) in [5.41, 5.74) is 11.8. The molecule has 1 aromatic heterocycles. The number of ether oxygens (including phenoxy) is 2. The first kappa shape index (κ1) is 22.6. The molecule has 6 nitrogen and oxygen atoms in total. The average Bonchev–Trinajstić information content (AvgIpc) is 3.15. The molecule has 2 unspecified atom stereocenters. The number of fused-ring (bicyclic) bond motifs is 1. The Kier molecular flexibility index (Phi) is 6.71. The van der Waals surface area contributed by atoms with Gasteiger partial charge in [-0.25, -0.2) is 4.98 Å². The number of anilines is 1. The van der Waals surface area contributed by atoms with E-state index in [1.54, 1.807) is 13.2 Å². The molecule has 2 aliphatic rings. The first-order valence-corrected chi connectivity index (χ1v) is 10.1. The minimum atomic E-state index is -4.59. The summed E-state index contributed by atoms with van der Waals surface area (Å²) < 4.78 is 50.3. The van der Waals surface area contributed by atoms with Crippen LogP contribution in [0.3, 0.4) is 0 Å². The summed E-state index contributed by atoms with van der Waals surface area (Å²) in [6.45, 7) is 5.08. The van der Waals surface area contributed by atoms with Crippen molar-refractivity contribution in [3.05, 3.63) is 29.5 Å². The maximum Gasteiger partial charge on any atom is 0.419 e. The predicted molar refractivity (Wildman–Crippen MR) is 110 cm³/mol. The van der Waals surface area contributed by atoms with Crippen molar-refractivity contribution in [1.29, 1.82) is 0 Å². The van der Waals surface area contributed by atoms with Crippen molar-refractivity contribution in [1.82, 2.24) is 4.98 Å². The lowest BCUT2D eigenvalue weighted by atomic mass is 10.0. The van der Waals surface area contributed by atoms with Crippen molar-refractivity contribution >= 4 is 17.2 Å². The molecular weight excluding hydrogens is 397 g/mol. The van der Waals surface area contributed by atoms with E-state index < -0.39 is 17.6 Å². The van der Waals surface area contributed by atoms with Gasteiger partial charge in [0, 0.05) is 42.2 Å². The summed E-state index contributed by atoms with van der Waals surface area (Å²) >= 11 is 0. The Balaban J connectivity index is 1.75. The summed E-state index contributed by atoms with van der Waals surface area (Å²) in [5.74, 6) is 0.632. The summed E-state index contributed by atoms with van der Waals surface area (Å²) in [6, 6.07) is 0.989. The van der Waals surface area contributed by atoms with E-state index in [0.29, 0.717) is 25.0 Å². The van der Waals surface area contributed by atoms with Crippen LogP contribution < -0.4 is 11.5 Å². The smallest absolute Gasteiger partial charge is 0.398 e. The van der Waals surface area contributed by atoms with E-state index in [2.05, 4.69) is 4.98 Å². The SMILES string of the molecule is COCCOC1C[C@@H]2C(C(C=C(N)c3cnc(N)c(C(F)(F)F)c3)=NC(C)C)[C@@H]2C1. The van der Waals surface area contributed by atoms with Gasteiger partial charge in [0.05, 0.1) is 24.9 Å². The molecule has 2 saturated carbocycles. The number of hydrogen-bond acceptors (Lipinski definition) is 6. The lowest BCUT2D eigenvalue weighted by Gasteiger charge is -2.16. The zero-order valence-corrected chi connectivity index (χ0v) is 17.4. The predicted octanol–water partition coefficient (Wildman–Crippen LogP) is 3.52. The number of nitrogen functional groups attached to an aromatic ring is 1. The molecule has 4 N–H and O–H groups in total. The first-order valence-electron chi connectivity index (χ1n) is 10.1. The molecule has 2 aliphatic carbocycles. The van der Waals surface area contributed by atoms with Gasteiger partial charge in [-0.15, -0.1) is 0 Å². The van der Waals surface area contributed by atoms with Crippen molar-refractivity contribution in [2.45, 2.75) is 45.0 Å². The molecular formula is C21H29F3N4O2. The minimum Gasteiger partial charge on any atom is -0.398 e. The highest BCUT2D eigenvalue weighted by Crippen LogP contribution is 2.59. The number of methoxy groups -OCH3 is 1. The monoisotopic (exact) mass is 426 g/mol. The summed E-state index contributed by atoms with van der Waals surface area (Å²) in [6.07, 6.45) is 0.488. The van der Waals surface area contributed by atoms with Gasteiger partial charge in [0.15, 0.2) is 0 Å². The van der Waals surface area contributed by atoms with Crippen molar-refractivity contribution in [3.8, 4) is 0 Å². The molecule has 9 heteroatoms. The second-order valence-electron chi connectivity index (χ2n) is 8.21. The van der Waals surface area contributed by atoms with Crippen molar-refractivity contribution in [2.24, 2.45) is 28.5 Å². The highest BCUT2D eigenvalue weighted by molar-refractivity contribution is 6.04. The molecule has 3 rings (SSSR count). The van der Waals surface area contributed by atoms with Crippen LogP contribution in [0.2, 0.25) is 0 Å². The summed E-state index contributed by atoms with van der Waals surface area (Å²) in [7, 11) is 1.64. The van der Waals surface area contributed by atoms with Crippen LogP contribution in [0.25, 0.3) is 5.70 Å².